The third-order valence-corrected chi connectivity index (χ3v) is 6.56. The number of carbonyl (C=O) groups excluding carboxylic acids is 1. The largest absolute Gasteiger partial charge is 0.346 e. The monoisotopic (exact) mass is 440 g/mol. The Morgan fingerprint density at radius 2 is 1.87 bits per heavy atom. The van der Waals surface area contributed by atoms with Gasteiger partial charge in [-0.05, 0) is 55.7 Å². The van der Waals surface area contributed by atoms with Gasteiger partial charge in [-0.1, -0.05) is 18.6 Å². The summed E-state index contributed by atoms with van der Waals surface area (Å²) < 4.78 is 24.5. The minimum absolute atomic E-state index is 0.0146. The number of sulfonamides is 1. The van der Waals surface area contributed by atoms with Gasteiger partial charge in [-0.25, -0.2) is 18.5 Å². The van der Waals surface area contributed by atoms with Gasteiger partial charge in [0.25, 0.3) is 11.5 Å². The van der Waals surface area contributed by atoms with Gasteiger partial charge in [0.05, 0.1) is 21.8 Å². The number of rotatable bonds is 4. The fourth-order valence-corrected chi connectivity index (χ4v) is 4.38. The zero-order chi connectivity index (χ0) is 22.2. The molecule has 1 aromatic heterocycles. The highest BCUT2D eigenvalue weighted by Crippen LogP contribution is 2.19. The predicted octanol–water partition coefficient (Wildman–Crippen LogP) is 2.26. The normalized spacial score (nSPS) is 15.2. The molecule has 0 aliphatic carbocycles. The second-order valence-corrected chi connectivity index (χ2v) is 9.40. The molecule has 0 fully saturated rings. The zero-order valence-corrected chi connectivity index (χ0v) is 18.0. The lowest BCUT2D eigenvalue weighted by Crippen LogP contribution is -2.27. The molecule has 2 aromatic carbocycles. The van der Waals surface area contributed by atoms with Gasteiger partial charge in [0.1, 0.15) is 5.82 Å². The van der Waals surface area contributed by atoms with E-state index in [9.17, 15) is 18.0 Å². The first-order valence-corrected chi connectivity index (χ1v) is 11.8. The molecule has 31 heavy (non-hydrogen) atoms. The summed E-state index contributed by atoms with van der Waals surface area (Å²) >= 11 is 0. The van der Waals surface area contributed by atoms with Crippen molar-refractivity contribution in [2.24, 2.45) is 5.14 Å². The molecule has 1 aliphatic heterocycles. The van der Waals surface area contributed by atoms with Gasteiger partial charge >= 0.3 is 0 Å². The summed E-state index contributed by atoms with van der Waals surface area (Å²) in [4.78, 5) is 30.3. The number of nitrogens with one attached hydrogen (secondary N) is 1. The number of nitrogens with zero attached hydrogens (tertiary/aromatic N) is 2. The van der Waals surface area contributed by atoms with Crippen LogP contribution in [-0.2, 0) is 23.0 Å². The van der Waals surface area contributed by atoms with Crippen LogP contribution in [0.2, 0.25) is 0 Å². The van der Waals surface area contributed by atoms with Crippen LogP contribution in [0.25, 0.3) is 10.9 Å². The third kappa shape index (κ3) is 4.38. The second-order valence-electron chi connectivity index (χ2n) is 7.84. The SMILES string of the molecule is CC(NC(=O)c1ccc2c(=O)n3c(nc2c1)CCCCC3)c1ccc(S(N)(=O)=O)cc1. The fraction of sp³-hybridized carbons (Fsp3) is 0.318. The molecule has 1 amide bonds. The summed E-state index contributed by atoms with van der Waals surface area (Å²) in [7, 11) is -3.77. The lowest BCUT2D eigenvalue weighted by Gasteiger charge is -2.15. The molecule has 9 heteroatoms. The smallest absolute Gasteiger partial charge is 0.261 e. The summed E-state index contributed by atoms with van der Waals surface area (Å²) in [6.45, 7) is 2.48. The van der Waals surface area contributed by atoms with Gasteiger partial charge < -0.3 is 5.32 Å². The van der Waals surface area contributed by atoms with Crippen molar-refractivity contribution in [2.75, 3.05) is 0 Å². The summed E-state index contributed by atoms with van der Waals surface area (Å²) in [6.07, 6.45) is 3.80. The number of aromatic nitrogens is 2. The predicted molar refractivity (Wildman–Crippen MR) is 117 cm³/mol. The van der Waals surface area contributed by atoms with Crippen LogP contribution in [0.5, 0.6) is 0 Å². The number of hydrogen-bond donors (Lipinski definition) is 2. The maximum absolute atomic E-state index is 12.8. The minimum atomic E-state index is -3.77. The lowest BCUT2D eigenvalue weighted by atomic mass is 10.1. The Labute approximate surface area is 180 Å². The summed E-state index contributed by atoms with van der Waals surface area (Å²) in [5.41, 5.74) is 1.61. The average Bonchev–Trinajstić information content (AvgIpc) is 2.98. The molecule has 3 aromatic rings. The van der Waals surface area contributed by atoms with Crippen molar-refractivity contribution in [3.63, 3.8) is 0 Å². The van der Waals surface area contributed by atoms with Gasteiger partial charge in [-0.15, -0.1) is 0 Å². The molecule has 0 saturated carbocycles. The number of hydrogen-bond acceptors (Lipinski definition) is 5. The molecule has 0 bridgehead atoms. The fourth-order valence-electron chi connectivity index (χ4n) is 3.87. The molecule has 0 spiro atoms. The van der Waals surface area contributed by atoms with E-state index in [1.165, 1.54) is 12.1 Å². The number of aryl methyl sites for hydroxylation is 1. The van der Waals surface area contributed by atoms with Crippen molar-refractivity contribution in [3.05, 3.63) is 69.8 Å². The van der Waals surface area contributed by atoms with E-state index in [-0.39, 0.29) is 22.4 Å². The highest BCUT2D eigenvalue weighted by molar-refractivity contribution is 7.89. The molecular formula is C22H24N4O4S. The highest BCUT2D eigenvalue weighted by atomic mass is 32.2. The van der Waals surface area contributed by atoms with Crippen LogP contribution in [0.3, 0.4) is 0 Å². The van der Waals surface area contributed by atoms with Crippen molar-refractivity contribution in [3.8, 4) is 0 Å². The van der Waals surface area contributed by atoms with E-state index in [4.69, 9.17) is 5.14 Å². The van der Waals surface area contributed by atoms with Crippen LogP contribution >= 0.6 is 0 Å². The van der Waals surface area contributed by atoms with Crippen LogP contribution in [0.15, 0.2) is 52.2 Å². The third-order valence-electron chi connectivity index (χ3n) is 5.63. The number of amides is 1. The molecule has 4 rings (SSSR count). The standard InChI is InChI=1S/C22H24N4O4S/c1-14(15-6-9-17(10-7-15)31(23,29)30)24-21(27)16-8-11-18-19(13-16)25-20-5-3-2-4-12-26(20)22(18)28/h6-11,13-14H,2-5,12H2,1H3,(H,24,27)(H2,23,29,30). The summed E-state index contributed by atoms with van der Waals surface area (Å²) in [6, 6.07) is 10.6. The van der Waals surface area contributed by atoms with Gasteiger partial charge in [-0.3, -0.25) is 14.2 Å². The van der Waals surface area contributed by atoms with E-state index < -0.39 is 10.0 Å². The molecule has 1 unspecified atom stereocenters. The highest BCUT2D eigenvalue weighted by Gasteiger charge is 2.17. The number of nitrogens with two attached hydrogens (primary N) is 1. The molecule has 2 heterocycles. The Balaban J connectivity index is 1.58. The second kappa shape index (κ2) is 8.24. The van der Waals surface area contributed by atoms with Gasteiger partial charge in [0.2, 0.25) is 10.0 Å². The Hall–Kier alpha value is -3.04. The van der Waals surface area contributed by atoms with E-state index in [2.05, 4.69) is 10.3 Å². The first kappa shape index (κ1) is 21.2. The first-order valence-electron chi connectivity index (χ1n) is 10.2. The van der Waals surface area contributed by atoms with E-state index >= 15 is 0 Å². The topological polar surface area (TPSA) is 124 Å². The van der Waals surface area contributed by atoms with Crippen LogP contribution in [0.1, 0.15) is 54.0 Å². The van der Waals surface area contributed by atoms with Gasteiger partial charge in [-0.2, -0.15) is 0 Å². The number of benzene rings is 2. The van der Waals surface area contributed by atoms with Crippen molar-refractivity contribution in [1.82, 2.24) is 14.9 Å². The molecular weight excluding hydrogens is 416 g/mol. The van der Waals surface area contributed by atoms with Gasteiger partial charge in [0.15, 0.2) is 0 Å². The van der Waals surface area contributed by atoms with E-state index in [1.54, 1.807) is 41.8 Å². The van der Waals surface area contributed by atoms with E-state index in [0.29, 0.717) is 23.0 Å². The molecule has 1 atom stereocenters. The first-order chi connectivity index (χ1) is 14.7. The van der Waals surface area contributed by atoms with E-state index in [1.807, 2.05) is 0 Å². The summed E-state index contributed by atoms with van der Waals surface area (Å²) in [5, 5.41) is 8.52. The van der Waals surface area contributed by atoms with Crippen LogP contribution in [-0.4, -0.2) is 23.9 Å². The maximum Gasteiger partial charge on any atom is 0.261 e. The maximum atomic E-state index is 12.8. The minimum Gasteiger partial charge on any atom is -0.346 e. The molecule has 8 nitrogen and oxygen atoms in total. The molecule has 0 saturated heterocycles. The lowest BCUT2D eigenvalue weighted by molar-refractivity contribution is 0.0940. The number of carbonyl (C=O) groups is 1. The van der Waals surface area contributed by atoms with Crippen molar-refractivity contribution in [2.45, 2.75) is 50.1 Å². The molecule has 1 aliphatic rings. The number of fused-ring (bicyclic) bond motifs is 2. The molecule has 3 N–H and O–H groups in total. The van der Waals surface area contributed by atoms with Crippen LogP contribution in [0.4, 0.5) is 0 Å². The Bertz CT molecular complexity index is 1310. The summed E-state index contributed by atoms with van der Waals surface area (Å²) in [5.74, 6) is 0.470. The van der Waals surface area contributed by atoms with E-state index in [0.717, 1.165) is 37.1 Å². The van der Waals surface area contributed by atoms with Crippen LogP contribution in [0, 0.1) is 0 Å². The van der Waals surface area contributed by atoms with Crippen molar-refractivity contribution in [1.29, 1.82) is 0 Å². The van der Waals surface area contributed by atoms with Gasteiger partial charge in [0, 0.05) is 18.5 Å². The van der Waals surface area contributed by atoms with Crippen LogP contribution < -0.4 is 16.0 Å². The van der Waals surface area contributed by atoms with Crippen molar-refractivity contribution >= 4 is 26.8 Å². The Morgan fingerprint density at radius 3 is 2.58 bits per heavy atom. The molecule has 0 radical (unpaired) electrons. The molecule has 162 valence electrons. The Morgan fingerprint density at radius 1 is 1.13 bits per heavy atom. The average molecular weight is 441 g/mol. The Kier molecular flexibility index (Phi) is 5.63. The quantitative estimate of drug-likeness (QED) is 0.644. The number of primary sulfonamides is 1. The van der Waals surface area contributed by atoms with Crippen molar-refractivity contribution < 1.29 is 13.2 Å². The zero-order valence-electron chi connectivity index (χ0n) is 17.2.